The number of rotatable bonds is 6. The maximum atomic E-state index is 13.0. The molecule has 0 radical (unpaired) electrons. The van der Waals surface area contributed by atoms with Crippen molar-refractivity contribution in [1.82, 2.24) is 10.2 Å². The van der Waals surface area contributed by atoms with Gasteiger partial charge in [0.2, 0.25) is 0 Å². The molecule has 1 spiro atoms. The van der Waals surface area contributed by atoms with Gasteiger partial charge in [-0.05, 0) is 45.7 Å². The van der Waals surface area contributed by atoms with Crippen molar-refractivity contribution >= 4 is 11.8 Å². The molecule has 2 amide bonds. The van der Waals surface area contributed by atoms with Gasteiger partial charge in [-0.1, -0.05) is 0 Å². The highest BCUT2D eigenvalue weighted by molar-refractivity contribution is 5.91. The van der Waals surface area contributed by atoms with Crippen molar-refractivity contribution in [2.75, 3.05) is 26.2 Å². The van der Waals surface area contributed by atoms with Gasteiger partial charge >= 0.3 is 0 Å². The van der Waals surface area contributed by atoms with Crippen LogP contribution in [0.1, 0.15) is 44.2 Å². The fourth-order valence-electron chi connectivity index (χ4n) is 5.13. The lowest BCUT2D eigenvalue weighted by molar-refractivity contribution is -0.154. The van der Waals surface area contributed by atoms with Crippen molar-refractivity contribution in [3.8, 4) is 0 Å². The molecule has 2 bridgehead atoms. The molecule has 1 N–H and O–H groups in total. The van der Waals surface area contributed by atoms with Crippen LogP contribution in [0, 0.1) is 11.8 Å². The lowest BCUT2D eigenvalue weighted by atomic mass is 9.73. The molecule has 7 heteroatoms. The van der Waals surface area contributed by atoms with E-state index in [1.165, 1.54) is 6.26 Å². The highest BCUT2D eigenvalue weighted by Crippen LogP contribution is 2.54. The van der Waals surface area contributed by atoms with Gasteiger partial charge in [0.1, 0.15) is 5.60 Å². The molecule has 0 aromatic carbocycles. The van der Waals surface area contributed by atoms with E-state index in [1.807, 2.05) is 25.7 Å². The first-order valence-electron chi connectivity index (χ1n) is 9.79. The van der Waals surface area contributed by atoms with Crippen molar-refractivity contribution in [1.29, 1.82) is 0 Å². The second kappa shape index (κ2) is 6.63. The first-order valence-corrected chi connectivity index (χ1v) is 9.79. The summed E-state index contributed by atoms with van der Waals surface area (Å²) >= 11 is 0. The largest absolute Gasteiger partial charge is 0.459 e. The number of carbonyl (C=O) groups is 2. The number of nitrogens with zero attached hydrogens (tertiary/aromatic N) is 1. The number of carbonyl (C=O) groups excluding carboxylic acids is 2. The van der Waals surface area contributed by atoms with Gasteiger partial charge in [-0.2, -0.15) is 0 Å². The Balaban J connectivity index is 1.43. The molecule has 3 aliphatic rings. The predicted molar refractivity (Wildman–Crippen MR) is 97.1 cm³/mol. The first kappa shape index (κ1) is 18.5. The highest BCUT2D eigenvalue weighted by atomic mass is 16.5. The number of nitrogens with one attached hydrogen (secondary N) is 1. The molecule has 0 unspecified atom stereocenters. The Morgan fingerprint density at radius 3 is 2.96 bits per heavy atom. The molecule has 4 atom stereocenters. The molecule has 0 saturated carbocycles. The Hall–Kier alpha value is -1.86. The van der Waals surface area contributed by atoms with Crippen LogP contribution in [-0.2, 0) is 14.3 Å². The highest BCUT2D eigenvalue weighted by Gasteiger charge is 2.64. The summed E-state index contributed by atoms with van der Waals surface area (Å²) < 4.78 is 17.2. The third kappa shape index (κ3) is 3.06. The van der Waals surface area contributed by atoms with Gasteiger partial charge in [-0.15, -0.1) is 0 Å². The SMILES string of the molecule is CCOC(C)(C)C(=O)N1C[C@@H]2[C@H](CNC(=O)c3ccco3)[C@H]3CC[C@]2(C1)O3. The van der Waals surface area contributed by atoms with E-state index >= 15 is 0 Å². The first-order chi connectivity index (χ1) is 12.9. The minimum atomic E-state index is -0.828. The predicted octanol–water partition coefficient (Wildman–Crippen LogP) is 1.83. The molecule has 4 rings (SSSR count). The molecule has 4 heterocycles. The summed E-state index contributed by atoms with van der Waals surface area (Å²) in [6.07, 6.45) is 3.60. The van der Waals surface area contributed by atoms with Crippen LogP contribution >= 0.6 is 0 Å². The fourth-order valence-corrected chi connectivity index (χ4v) is 5.13. The topological polar surface area (TPSA) is 81.0 Å². The van der Waals surface area contributed by atoms with Crippen LogP contribution in [0.15, 0.2) is 22.8 Å². The zero-order valence-corrected chi connectivity index (χ0v) is 16.2. The Morgan fingerprint density at radius 1 is 1.44 bits per heavy atom. The summed E-state index contributed by atoms with van der Waals surface area (Å²) in [5.74, 6) is 0.578. The number of hydrogen-bond donors (Lipinski definition) is 1. The monoisotopic (exact) mass is 376 g/mol. The Labute approximate surface area is 159 Å². The third-order valence-corrected chi connectivity index (χ3v) is 6.33. The number of ether oxygens (including phenoxy) is 2. The van der Waals surface area contributed by atoms with Crippen molar-refractivity contribution in [2.45, 2.75) is 50.9 Å². The van der Waals surface area contributed by atoms with Gasteiger partial charge in [0.15, 0.2) is 5.76 Å². The van der Waals surface area contributed by atoms with Crippen LogP contribution in [-0.4, -0.2) is 60.3 Å². The molecular formula is C20H28N2O5. The molecule has 148 valence electrons. The lowest BCUT2D eigenvalue weighted by Crippen LogP contribution is -2.47. The second-order valence-corrected chi connectivity index (χ2v) is 8.35. The van der Waals surface area contributed by atoms with Crippen LogP contribution in [0.2, 0.25) is 0 Å². The number of fused-ring (bicyclic) bond motifs is 1. The molecular weight excluding hydrogens is 348 g/mol. The van der Waals surface area contributed by atoms with E-state index in [2.05, 4.69) is 5.32 Å². The normalized spacial score (nSPS) is 32.0. The van der Waals surface area contributed by atoms with Crippen LogP contribution in [0.25, 0.3) is 0 Å². The minimum absolute atomic E-state index is 0.0125. The summed E-state index contributed by atoms with van der Waals surface area (Å²) in [5, 5.41) is 2.97. The standard InChI is InChI=1S/C20H28N2O5/c1-4-26-19(2,3)18(24)22-11-14-13(15-7-8-20(14,12-22)27-15)10-21-17(23)16-6-5-9-25-16/h5-6,9,13-15H,4,7-8,10-12H2,1-3H3,(H,21,23)/t13-,14+,15+,20+/m0/s1. The van der Waals surface area contributed by atoms with Gasteiger partial charge < -0.3 is 24.1 Å². The van der Waals surface area contributed by atoms with Crippen LogP contribution < -0.4 is 5.32 Å². The minimum Gasteiger partial charge on any atom is -0.459 e. The van der Waals surface area contributed by atoms with Crippen molar-refractivity contribution in [2.24, 2.45) is 11.8 Å². The van der Waals surface area contributed by atoms with Crippen LogP contribution in [0.4, 0.5) is 0 Å². The van der Waals surface area contributed by atoms with Gasteiger partial charge in [-0.3, -0.25) is 9.59 Å². The molecule has 3 saturated heterocycles. The summed E-state index contributed by atoms with van der Waals surface area (Å²) in [7, 11) is 0. The molecule has 7 nitrogen and oxygen atoms in total. The van der Waals surface area contributed by atoms with E-state index < -0.39 is 5.60 Å². The van der Waals surface area contributed by atoms with Crippen molar-refractivity contribution in [3.63, 3.8) is 0 Å². The van der Waals surface area contributed by atoms with Crippen molar-refractivity contribution < 1.29 is 23.5 Å². The summed E-state index contributed by atoms with van der Waals surface area (Å²) in [6, 6.07) is 3.35. The molecule has 1 aromatic heterocycles. The average molecular weight is 376 g/mol. The number of hydrogen-bond acceptors (Lipinski definition) is 5. The fraction of sp³-hybridized carbons (Fsp3) is 0.700. The summed E-state index contributed by atoms with van der Waals surface area (Å²) in [5.41, 5.74) is -1.09. The number of amides is 2. The van der Waals surface area contributed by atoms with E-state index in [-0.39, 0.29) is 35.4 Å². The van der Waals surface area contributed by atoms with Crippen molar-refractivity contribution in [3.05, 3.63) is 24.2 Å². The Bertz CT molecular complexity index is 716. The lowest BCUT2D eigenvalue weighted by Gasteiger charge is -2.30. The Kier molecular flexibility index (Phi) is 4.55. The van der Waals surface area contributed by atoms with E-state index in [0.29, 0.717) is 32.0 Å². The molecule has 3 aliphatic heterocycles. The maximum Gasteiger partial charge on any atom is 0.286 e. The summed E-state index contributed by atoms with van der Waals surface area (Å²) in [4.78, 5) is 27.1. The zero-order chi connectivity index (χ0) is 19.2. The molecule has 0 aliphatic carbocycles. The molecule has 3 fully saturated rings. The van der Waals surface area contributed by atoms with Gasteiger partial charge in [0.25, 0.3) is 11.8 Å². The van der Waals surface area contributed by atoms with Crippen LogP contribution in [0.5, 0.6) is 0 Å². The van der Waals surface area contributed by atoms with Crippen LogP contribution in [0.3, 0.4) is 0 Å². The second-order valence-electron chi connectivity index (χ2n) is 8.35. The zero-order valence-electron chi connectivity index (χ0n) is 16.2. The van der Waals surface area contributed by atoms with Gasteiger partial charge in [0, 0.05) is 31.5 Å². The van der Waals surface area contributed by atoms with E-state index in [0.717, 1.165) is 12.8 Å². The number of likely N-dealkylation sites (tertiary alicyclic amines) is 1. The van der Waals surface area contributed by atoms with Gasteiger partial charge in [0.05, 0.1) is 24.5 Å². The quantitative estimate of drug-likeness (QED) is 0.819. The van der Waals surface area contributed by atoms with Gasteiger partial charge in [-0.25, -0.2) is 0 Å². The van der Waals surface area contributed by atoms with E-state index in [4.69, 9.17) is 13.9 Å². The smallest absolute Gasteiger partial charge is 0.286 e. The third-order valence-electron chi connectivity index (χ3n) is 6.33. The summed E-state index contributed by atoms with van der Waals surface area (Å²) in [6.45, 7) is 7.86. The Morgan fingerprint density at radius 2 is 2.26 bits per heavy atom. The van der Waals surface area contributed by atoms with E-state index in [1.54, 1.807) is 12.1 Å². The average Bonchev–Trinajstić information content (AvgIpc) is 3.38. The van der Waals surface area contributed by atoms with E-state index in [9.17, 15) is 9.59 Å². The molecule has 27 heavy (non-hydrogen) atoms. The number of furan rings is 1. The molecule has 1 aromatic rings. The maximum absolute atomic E-state index is 13.0.